The molecule has 0 unspecified atom stereocenters. The van der Waals surface area contributed by atoms with Crippen molar-refractivity contribution in [3.8, 4) is 0 Å². The molecule has 1 aromatic heterocycles. The minimum absolute atomic E-state index is 0.0254. The lowest BCUT2D eigenvalue weighted by atomic mass is 9.98. The van der Waals surface area contributed by atoms with E-state index in [9.17, 15) is 15.3 Å². The lowest BCUT2D eigenvalue weighted by molar-refractivity contribution is -0.478. The largest absolute Gasteiger partial charge is 0.394 e. The van der Waals surface area contributed by atoms with Gasteiger partial charge in [0.1, 0.15) is 36.7 Å². The van der Waals surface area contributed by atoms with Gasteiger partial charge in [0, 0.05) is 0 Å². The third-order valence-corrected chi connectivity index (χ3v) is 3.16. The van der Waals surface area contributed by atoms with E-state index in [2.05, 4.69) is 15.3 Å². The van der Waals surface area contributed by atoms with Crippen molar-refractivity contribution in [1.29, 1.82) is 0 Å². The Labute approximate surface area is 119 Å². The van der Waals surface area contributed by atoms with Crippen molar-refractivity contribution in [2.24, 2.45) is 11.5 Å². The van der Waals surface area contributed by atoms with Crippen molar-refractivity contribution in [1.82, 2.24) is 15.0 Å². The van der Waals surface area contributed by atoms with Gasteiger partial charge in [-0.05, 0) is 0 Å². The number of nitrogens with one attached hydrogen (secondary N) is 1. The fourth-order valence-corrected chi connectivity index (χ4v) is 2.01. The number of guanidine groups is 1. The van der Waals surface area contributed by atoms with E-state index in [1.54, 1.807) is 0 Å². The van der Waals surface area contributed by atoms with Crippen molar-refractivity contribution in [2.75, 3.05) is 6.61 Å². The Morgan fingerprint density at radius 1 is 1.29 bits per heavy atom. The summed E-state index contributed by atoms with van der Waals surface area (Å²) >= 11 is 0. The minimum atomic E-state index is -1.47. The van der Waals surface area contributed by atoms with Crippen LogP contribution in [0.15, 0.2) is 6.20 Å². The highest BCUT2D eigenvalue weighted by Gasteiger charge is 2.44. The second-order valence-corrected chi connectivity index (χ2v) is 4.72. The number of aliphatic hydroxyl groups is 4. The molecule has 2 rings (SSSR count). The molecule has 118 valence electrons. The Hall–Kier alpha value is -1.79. The van der Waals surface area contributed by atoms with E-state index in [0.717, 1.165) is 0 Å². The van der Waals surface area contributed by atoms with Crippen LogP contribution in [0.1, 0.15) is 11.9 Å². The maximum atomic E-state index is 9.94. The van der Waals surface area contributed by atoms with Gasteiger partial charge in [0.2, 0.25) is 0 Å². The summed E-state index contributed by atoms with van der Waals surface area (Å²) in [5.41, 5.74) is 11.0. The standard InChI is InChI=1S/C10H18N6O5/c11-10(12)13-1-4-2-16(15-14-4)9-8(20)7(19)6(18)5(3-17)21-9/h2,5-9,17-20H,1,3H2,(H4,11,12,13)/p+1/t5-,6-,7+,8-,9-/m1/s1. The summed E-state index contributed by atoms with van der Waals surface area (Å²) in [6.45, 7) is -0.289. The Kier molecular flexibility index (Phi) is 4.69. The molecule has 0 aromatic carbocycles. The molecule has 0 aliphatic carbocycles. The number of aliphatic hydroxyl groups excluding tert-OH is 4. The first-order chi connectivity index (χ1) is 9.93. The van der Waals surface area contributed by atoms with Crippen molar-refractivity contribution in [2.45, 2.75) is 37.2 Å². The molecule has 11 heteroatoms. The molecule has 0 spiro atoms. The summed E-state index contributed by atoms with van der Waals surface area (Å²) in [4.78, 5) is 2.65. The summed E-state index contributed by atoms with van der Waals surface area (Å²) in [6.07, 6.45) is -4.94. The van der Waals surface area contributed by atoms with E-state index in [0.29, 0.717) is 5.69 Å². The van der Waals surface area contributed by atoms with Crippen LogP contribution in [0, 0.1) is 0 Å². The SMILES string of the molecule is NC(N)=[NH+]Cc1cn([C@@H]2O[C@H](CO)[C@@H](O)[C@H](O)[C@H]2O)nn1. The van der Waals surface area contributed by atoms with Crippen molar-refractivity contribution in [3.05, 3.63) is 11.9 Å². The van der Waals surface area contributed by atoms with E-state index >= 15 is 0 Å². The molecule has 1 aliphatic heterocycles. The zero-order valence-corrected chi connectivity index (χ0v) is 11.1. The van der Waals surface area contributed by atoms with Gasteiger partial charge in [-0.2, -0.15) is 0 Å². The fourth-order valence-electron chi connectivity index (χ4n) is 2.01. The van der Waals surface area contributed by atoms with Gasteiger partial charge in [-0.15, -0.1) is 5.10 Å². The molecule has 0 amide bonds. The predicted molar refractivity (Wildman–Crippen MR) is 67.1 cm³/mol. The molecular weight excluding hydrogens is 284 g/mol. The molecule has 1 aromatic rings. The molecule has 0 radical (unpaired) electrons. The van der Waals surface area contributed by atoms with Gasteiger partial charge in [0.25, 0.3) is 0 Å². The molecule has 5 atom stereocenters. The van der Waals surface area contributed by atoms with Crippen molar-refractivity contribution < 1.29 is 30.2 Å². The fraction of sp³-hybridized carbons (Fsp3) is 0.700. The van der Waals surface area contributed by atoms with Gasteiger partial charge in [-0.3, -0.25) is 16.5 Å². The number of aromatic nitrogens is 3. The Bertz CT molecular complexity index is 502. The Morgan fingerprint density at radius 2 is 2.00 bits per heavy atom. The number of rotatable bonds is 4. The highest BCUT2D eigenvalue weighted by atomic mass is 16.6. The van der Waals surface area contributed by atoms with Gasteiger partial charge in [-0.25, -0.2) is 4.68 Å². The smallest absolute Gasteiger partial charge is 0.339 e. The third kappa shape index (κ3) is 3.28. The molecule has 9 N–H and O–H groups in total. The van der Waals surface area contributed by atoms with E-state index in [4.69, 9.17) is 21.3 Å². The topological polar surface area (TPSA) is 187 Å². The molecular formula is C10H19N6O5+. The molecule has 1 saturated heterocycles. The van der Waals surface area contributed by atoms with Gasteiger partial charge in [-0.1, -0.05) is 5.21 Å². The first-order valence-electron chi connectivity index (χ1n) is 6.27. The maximum absolute atomic E-state index is 9.94. The van der Waals surface area contributed by atoms with Gasteiger partial charge >= 0.3 is 5.96 Å². The van der Waals surface area contributed by atoms with Crippen LogP contribution < -0.4 is 16.5 Å². The minimum Gasteiger partial charge on any atom is -0.394 e. The average molecular weight is 303 g/mol. The molecule has 0 saturated carbocycles. The summed E-state index contributed by atoms with van der Waals surface area (Å²) in [6, 6.07) is 0. The van der Waals surface area contributed by atoms with Crippen LogP contribution >= 0.6 is 0 Å². The van der Waals surface area contributed by atoms with Crippen LogP contribution in [0.3, 0.4) is 0 Å². The van der Waals surface area contributed by atoms with Crippen LogP contribution in [0.2, 0.25) is 0 Å². The summed E-state index contributed by atoms with van der Waals surface area (Å²) < 4.78 is 6.52. The highest BCUT2D eigenvalue weighted by molar-refractivity contribution is 5.69. The first kappa shape index (κ1) is 15.6. The van der Waals surface area contributed by atoms with E-state index in [-0.39, 0.29) is 12.5 Å². The van der Waals surface area contributed by atoms with E-state index in [1.807, 2.05) is 0 Å². The number of hydrogen-bond acceptors (Lipinski definition) is 7. The quantitative estimate of drug-likeness (QED) is 0.210. The molecule has 1 aliphatic rings. The zero-order chi connectivity index (χ0) is 15.6. The van der Waals surface area contributed by atoms with E-state index in [1.165, 1.54) is 10.9 Å². The first-order valence-corrected chi connectivity index (χ1v) is 6.27. The third-order valence-electron chi connectivity index (χ3n) is 3.16. The molecule has 0 bridgehead atoms. The van der Waals surface area contributed by atoms with Gasteiger partial charge in [0.15, 0.2) is 6.23 Å². The Balaban J connectivity index is 2.15. The normalized spacial score (nSPS) is 32.9. The van der Waals surface area contributed by atoms with Crippen LogP contribution in [0.25, 0.3) is 0 Å². The monoisotopic (exact) mass is 303 g/mol. The summed E-state index contributed by atoms with van der Waals surface area (Å²) in [5, 5.41) is 46.1. The van der Waals surface area contributed by atoms with Crippen LogP contribution in [0.4, 0.5) is 0 Å². The maximum Gasteiger partial charge on any atom is 0.339 e. The van der Waals surface area contributed by atoms with Crippen LogP contribution in [0.5, 0.6) is 0 Å². The van der Waals surface area contributed by atoms with E-state index < -0.39 is 37.3 Å². The van der Waals surface area contributed by atoms with Gasteiger partial charge in [0.05, 0.1) is 12.8 Å². The summed E-state index contributed by atoms with van der Waals surface area (Å²) in [5.74, 6) is 0.0254. The predicted octanol–water partition coefficient (Wildman–Crippen LogP) is -5.90. The van der Waals surface area contributed by atoms with Crippen LogP contribution in [-0.4, -0.2) is 72.4 Å². The summed E-state index contributed by atoms with van der Waals surface area (Å²) in [7, 11) is 0. The lowest BCUT2D eigenvalue weighted by Gasteiger charge is -2.39. The van der Waals surface area contributed by atoms with Gasteiger partial charge < -0.3 is 25.2 Å². The Morgan fingerprint density at radius 3 is 2.62 bits per heavy atom. The highest BCUT2D eigenvalue weighted by Crippen LogP contribution is 2.27. The van der Waals surface area contributed by atoms with Crippen molar-refractivity contribution >= 4 is 5.96 Å². The molecule has 21 heavy (non-hydrogen) atoms. The number of hydrogen-bond donors (Lipinski definition) is 7. The van der Waals surface area contributed by atoms with Crippen molar-refractivity contribution in [3.63, 3.8) is 0 Å². The zero-order valence-electron chi connectivity index (χ0n) is 11.1. The second kappa shape index (κ2) is 6.32. The molecule has 2 heterocycles. The van der Waals surface area contributed by atoms with Crippen LogP contribution in [-0.2, 0) is 11.3 Å². The number of nitrogens with two attached hydrogens (primary N) is 2. The second-order valence-electron chi connectivity index (χ2n) is 4.72. The number of ether oxygens (including phenoxy) is 1. The average Bonchev–Trinajstić information content (AvgIpc) is 2.92. The molecule has 11 nitrogen and oxygen atoms in total. The molecule has 1 fully saturated rings. The lowest BCUT2D eigenvalue weighted by Crippen LogP contribution is -2.76. The number of nitrogens with zero attached hydrogens (tertiary/aromatic N) is 3.